The van der Waals surface area contributed by atoms with Gasteiger partial charge in [0.15, 0.2) is 0 Å². The van der Waals surface area contributed by atoms with Crippen LogP contribution < -0.4 is 5.32 Å². The largest absolute Gasteiger partial charge is 0.379 e. The van der Waals surface area contributed by atoms with Crippen LogP contribution in [-0.4, -0.2) is 26.3 Å². The Kier molecular flexibility index (Phi) is 2.86. The fraction of sp³-hybridized carbons (Fsp3) is 0.333. The molecule has 102 valence electrons. The molecule has 0 atom stereocenters. The van der Waals surface area contributed by atoms with Crippen LogP contribution >= 0.6 is 0 Å². The summed E-state index contributed by atoms with van der Waals surface area (Å²) in [5.41, 5.74) is 4.27. The molecule has 0 amide bonds. The number of benzene rings is 2. The van der Waals surface area contributed by atoms with E-state index in [1.807, 2.05) is 0 Å². The highest BCUT2D eigenvalue weighted by Crippen LogP contribution is 2.41. The molecule has 2 fully saturated rings. The summed E-state index contributed by atoms with van der Waals surface area (Å²) < 4.78 is 5.54. The number of rotatable bonds is 3. The summed E-state index contributed by atoms with van der Waals surface area (Å²) in [6, 6.07) is 19.6. The van der Waals surface area contributed by atoms with E-state index in [1.165, 1.54) is 16.7 Å². The van der Waals surface area contributed by atoms with Gasteiger partial charge in [-0.3, -0.25) is 0 Å². The fourth-order valence-corrected chi connectivity index (χ4v) is 3.26. The molecule has 2 nitrogen and oxygen atoms in total. The zero-order valence-electron chi connectivity index (χ0n) is 11.5. The van der Waals surface area contributed by atoms with Gasteiger partial charge in [0.2, 0.25) is 0 Å². The third kappa shape index (κ3) is 1.80. The normalized spacial score (nSPS) is 21.0. The molecule has 2 aliphatic heterocycles. The van der Waals surface area contributed by atoms with Crippen LogP contribution in [0.15, 0.2) is 54.6 Å². The molecule has 0 unspecified atom stereocenters. The molecule has 0 aromatic heterocycles. The molecule has 2 aromatic rings. The van der Waals surface area contributed by atoms with Crippen LogP contribution in [0, 0.1) is 5.92 Å². The van der Waals surface area contributed by atoms with Crippen molar-refractivity contribution in [1.82, 2.24) is 5.32 Å². The second-order valence-corrected chi connectivity index (χ2v) is 5.95. The van der Waals surface area contributed by atoms with E-state index < -0.39 is 0 Å². The van der Waals surface area contributed by atoms with Crippen molar-refractivity contribution in [1.29, 1.82) is 0 Å². The Balaban J connectivity index is 1.64. The van der Waals surface area contributed by atoms with E-state index in [4.69, 9.17) is 4.74 Å². The van der Waals surface area contributed by atoms with E-state index in [-0.39, 0.29) is 5.41 Å². The minimum Gasteiger partial charge on any atom is -0.379 e. The van der Waals surface area contributed by atoms with Gasteiger partial charge in [0.25, 0.3) is 0 Å². The molecule has 1 N–H and O–H groups in total. The molecule has 0 aliphatic carbocycles. The van der Waals surface area contributed by atoms with Gasteiger partial charge >= 0.3 is 0 Å². The van der Waals surface area contributed by atoms with E-state index >= 15 is 0 Å². The second kappa shape index (κ2) is 4.72. The van der Waals surface area contributed by atoms with Gasteiger partial charge in [-0.1, -0.05) is 54.6 Å². The summed E-state index contributed by atoms with van der Waals surface area (Å²) in [7, 11) is 0. The Hall–Kier alpha value is -1.64. The van der Waals surface area contributed by atoms with Gasteiger partial charge in [-0.15, -0.1) is 0 Å². The molecule has 2 aliphatic rings. The van der Waals surface area contributed by atoms with E-state index in [0.717, 1.165) is 32.2 Å². The van der Waals surface area contributed by atoms with Gasteiger partial charge in [-0.05, 0) is 22.6 Å². The van der Waals surface area contributed by atoms with Gasteiger partial charge in [-0.25, -0.2) is 0 Å². The first kappa shape index (κ1) is 12.1. The molecule has 2 heteroatoms. The van der Waals surface area contributed by atoms with Gasteiger partial charge in [0.05, 0.1) is 13.2 Å². The highest BCUT2D eigenvalue weighted by Gasteiger charge is 2.49. The predicted octanol–water partition coefficient (Wildman–Crippen LogP) is 2.84. The zero-order chi connectivity index (χ0) is 13.4. The average Bonchev–Trinajstić information content (AvgIpc) is 2.42. The maximum Gasteiger partial charge on any atom is 0.0589 e. The van der Waals surface area contributed by atoms with Gasteiger partial charge in [0, 0.05) is 18.5 Å². The topological polar surface area (TPSA) is 21.3 Å². The Labute approximate surface area is 119 Å². The van der Waals surface area contributed by atoms with Gasteiger partial charge < -0.3 is 10.1 Å². The highest BCUT2D eigenvalue weighted by molar-refractivity contribution is 5.63. The molecule has 2 saturated heterocycles. The van der Waals surface area contributed by atoms with E-state index in [1.54, 1.807) is 0 Å². The van der Waals surface area contributed by atoms with Crippen molar-refractivity contribution in [3.8, 4) is 11.1 Å². The molecular formula is C18H19NO. The van der Waals surface area contributed by atoms with Crippen LogP contribution in [0.5, 0.6) is 0 Å². The minimum absolute atomic E-state index is 0.264. The molecule has 2 aromatic carbocycles. The number of hydrogen-bond acceptors (Lipinski definition) is 2. The number of nitrogens with one attached hydrogen (secondary N) is 1. The standard InChI is InChI=1S/C18H19NO/c1-2-4-14(5-3-1)15-6-8-16(9-7-15)18(12-20-13-18)17-10-19-11-17/h1-9,17,19H,10-13H2. The monoisotopic (exact) mass is 265 g/mol. The summed E-state index contributed by atoms with van der Waals surface area (Å²) in [6.07, 6.45) is 0. The molecule has 20 heavy (non-hydrogen) atoms. The van der Waals surface area contributed by atoms with Crippen molar-refractivity contribution in [3.63, 3.8) is 0 Å². The van der Waals surface area contributed by atoms with Crippen molar-refractivity contribution < 1.29 is 4.74 Å². The van der Waals surface area contributed by atoms with E-state index in [9.17, 15) is 0 Å². The van der Waals surface area contributed by atoms with Crippen molar-refractivity contribution >= 4 is 0 Å². The summed E-state index contributed by atoms with van der Waals surface area (Å²) in [4.78, 5) is 0. The SMILES string of the molecule is c1ccc(-c2ccc(C3(C4CNC4)COC3)cc2)cc1. The summed E-state index contributed by atoms with van der Waals surface area (Å²) in [6.45, 7) is 4.02. The first-order chi connectivity index (χ1) is 9.88. The third-order valence-corrected chi connectivity index (χ3v) is 4.85. The van der Waals surface area contributed by atoms with Gasteiger partial charge in [-0.2, -0.15) is 0 Å². The van der Waals surface area contributed by atoms with E-state index in [2.05, 4.69) is 59.9 Å². The smallest absolute Gasteiger partial charge is 0.0589 e. The first-order valence-corrected chi connectivity index (χ1v) is 7.33. The molecule has 2 heterocycles. The van der Waals surface area contributed by atoms with Gasteiger partial charge in [0.1, 0.15) is 0 Å². The number of ether oxygens (including phenoxy) is 1. The molecular weight excluding hydrogens is 246 g/mol. The highest BCUT2D eigenvalue weighted by atomic mass is 16.5. The Bertz CT molecular complexity index is 583. The number of hydrogen-bond donors (Lipinski definition) is 1. The lowest BCUT2D eigenvalue weighted by molar-refractivity contribution is -0.101. The molecule has 0 saturated carbocycles. The lowest BCUT2D eigenvalue weighted by Crippen LogP contribution is -2.62. The minimum atomic E-state index is 0.264. The lowest BCUT2D eigenvalue weighted by atomic mass is 9.66. The van der Waals surface area contributed by atoms with Crippen LogP contribution in [0.4, 0.5) is 0 Å². The lowest BCUT2D eigenvalue weighted by Gasteiger charge is -2.51. The fourth-order valence-electron chi connectivity index (χ4n) is 3.26. The van der Waals surface area contributed by atoms with Crippen LogP contribution in [0.3, 0.4) is 0 Å². The molecule has 0 radical (unpaired) electrons. The van der Waals surface area contributed by atoms with Crippen LogP contribution in [0.1, 0.15) is 5.56 Å². The van der Waals surface area contributed by atoms with E-state index in [0.29, 0.717) is 0 Å². The van der Waals surface area contributed by atoms with Crippen LogP contribution in [0.2, 0.25) is 0 Å². The van der Waals surface area contributed by atoms with Crippen LogP contribution in [-0.2, 0) is 10.2 Å². The third-order valence-electron chi connectivity index (χ3n) is 4.85. The Morgan fingerprint density at radius 1 is 0.850 bits per heavy atom. The molecule has 4 rings (SSSR count). The van der Waals surface area contributed by atoms with Crippen molar-refractivity contribution in [2.75, 3.05) is 26.3 Å². The van der Waals surface area contributed by atoms with Crippen molar-refractivity contribution in [2.45, 2.75) is 5.41 Å². The molecule has 0 spiro atoms. The maximum absolute atomic E-state index is 5.54. The maximum atomic E-state index is 5.54. The Morgan fingerprint density at radius 3 is 2.00 bits per heavy atom. The van der Waals surface area contributed by atoms with Crippen molar-refractivity contribution in [2.24, 2.45) is 5.92 Å². The van der Waals surface area contributed by atoms with Crippen LogP contribution in [0.25, 0.3) is 11.1 Å². The summed E-state index contributed by atoms with van der Waals surface area (Å²) in [5.74, 6) is 0.735. The summed E-state index contributed by atoms with van der Waals surface area (Å²) >= 11 is 0. The Morgan fingerprint density at radius 2 is 1.50 bits per heavy atom. The zero-order valence-corrected chi connectivity index (χ0v) is 11.5. The van der Waals surface area contributed by atoms with Crippen molar-refractivity contribution in [3.05, 3.63) is 60.2 Å². The summed E-state index contributed by atoms with van der Waals surface area (Å²) in [5, 5.41) is 3.39. The predicted molar refractivity (Wildman–Crippen MR) is 80.7 cm³/mol. The average molecular weight is 265 g/mol. The second-order valence-electron chi connectivity index (χ2n) is 5.95. The molecule has 0 bridgehead atoms. The quantitative estimate of drug-likeness (QED) is 0.921. The first-order valence-electron chi connectivity index (χ1n) is 7.33.